The Bertz CT molecular complexity index is 518. The molecule has 0 saturated carbocycles. The van der Waals surface area contributed by atoms with Gasteiger partial charge < -0.3 is 15.4 Å². The number of hydrogen-bond acceptors (Lipinski definition) is 5. The number of piperidine rings is 1. The van der Waals surface area contributed by atoms with Gasteiger partial charge in [0.15, 0.2) is 5.69 Å². The molecule has 1 aromatic rings. The van der Waals surface area contributed by atoms with E-state index in [2.05, 4.69) is 10.2 Å². The number of carbonyl (C=O) groups excluding carboxylic acids is 2. The fourth-order valence-electron chi connectivity index (χ4n) is 2.55. The van der Waals surface area contributed by atoms with Crippen LogP contribution < -0.4 is 5.73 Å². The maximum Gasteiger partial charge on any atom is 0.309 e. The summed E-state index contributed by atoms with van der Waals surface area (Å²) >= 11 is 0. The Kier molecular flexibility index (Phi) is 4.82. The fourth-order valence-corrected chi connectivity index (χ4v) is 2.55. The third kappa shape index (κ3) is 3.17. The first-order chi connectivity index (χ1) is 10.1. The molecule has 116 valence electrons. The predicted molar refractivity (Wildman–Crippen MR) is 77.6 cm³/mol. The molecule has 2 heterocycles. The molecule has 0 aromatic carbocycles. The summed E-state index contributed by atoms with van der Waals surface area (Å²) < 4.78 is 5.02. The number of nitrogens with one attached hydrogen (secondary N) is 1. The number of carbonyl (C=O) groups is 2. The summed E-state index contributed by atoms with van der Waals surface area (Å²) in [6.07, 6.45) is 1.95. The van der Waals surface area contributed by atoms with Crippen molar-refractivity contribution in [1.82, 2.24) is 15.1 Å². The van der Waals surface area contributed by atoms with Crippen molar-refractivity contribution < 1.29 is 14.3 Å². The van der Waals surface area contributed by atoms with E-state index in [1.165, 1.54) is 0 Å². The first-order valence-electron chi connectivity index (χ1n) is 7.37. The number of amides is 1. The molecule has 1 fully saturated rings. The van der Waals surface area contributed by atoms with E-state index in [0.29, 0.717) is 44.6 Å². The van der Waals surface area contributed by atoms with E-state index < -0.39 is 0 Å². The Morgan fingerprint density at radius 3 is 2.57 bits per heavy atom. The molecule has 21 heavy (non-hydrogen) atoms. The van der Waals surface area contributed by atoms with Gasteiger partial charge >= 0.3 is 5.97 Å². The van der Waals surface area contributed by atoms with Gasteiger partial charge in [0.1, 0.15) is 0 Å². The number of nitrogen functional groups attached to an aromatic ring is 1. The number of esters is 1. The molecule has 7 heteroatoms. The van der Waals surface area contributed by atoms with E-state index in [-0.39, 0.29) is 23.5 Å². The van der Waals surface area contributed by atoms with Crippen molar-refractivity contribution in [3.63, 3.8) is 0 Å². The number of aromatic nitrogens is 2. The monoisotopic (exact) mass is 294 g/mol. The van der Waals surface area contributed by atoms with Crippen LogP contribution in [-0.4, -0.2) is 46.7 Å². The normalized spacial score (nSPS) is 16.0. The topological polar surface area (TPSA) is 101 Å². The lowest BCUT2D eigenvalue weighted by Crippen LogP contribution is -2.41. The van der Waals surface area contributed by atoms with E-state index in [1.807, 2.05) is 6.92 Å². The van der Waals surface area contributed by atoms with Crippen molar-refractivity contribution in [3.05, 3.63) is 11.4 Å². The minimum Gasteiger partial charge on any atom is -0.466 e. The highest BCUT2D eigenvalue weighted by Crippen LogP contribution is 2.22. The van der Waals surface area contributed by atoms with Crippen LogP contribution in [0.15, 0.2) is 0 Å². The van der Waals surface area contributed by atoms with Gasteiger partial charge in [0, 0.05) is 13.1 Å². The van der Waals surface area contributed by atoms with Gasteiger partial charge in [-0.3, -0.25) is 14.7 Å². The lowest BCUT2D eigenvalue weighted by molar-refractivity contribution is -0.149. The molecule has 1 aliphatic rings. The van der Waals surface area contributed by atoms with Crippen LogP contribution in [-0.2, 0) is 16.0 Å². The Balaban J connectivity index is 1.97. The molecule has 0 aliphatic carbocycles. The molecule has 0 bridgehead atoms. The van der Waals surface area contributed by atoms with Crippen molar-refractivity contribution in [2.45, 2.75) is 33.1 Å². The van der Waals surface area contributed by atoms with Gasteiger partial charge in [-0.2, -0.15) is 5.10 Å². The van der Waals surface area contributed by atoms with Crippen LogP contribution in [0.2, 0.25) is 0 Å². The van der Waals surface area contributed by atoms with Gasteiger partial charge in [0.2, 0.25) is 0 Å². The first kappa shape index (κ1) is 15.3. The summed E-state index contributed by atoms with van der Waals surface area (Å²) in [5.74, 6) is -0.459. The van der Waals surface area contributed by atoms with Crippen LogP contribution in [0.25, 0.3) is 0 Å². The lowest BCUT2D eigenvalue weighted by atomic mass is 9.97. The average Bonchev–Trinajstić information content (AvgIpc) is 2.88. The molecular formula is C14H22N4O3. The Morgan fingerprint density at radius 2 is 2.05 bits per heavy atom. The smallest absolute Gasteiger partial charge is 0.309 e. The van der Waals surface area contributed by atoms with E-state index in [0.717, 1.165) is 5.69 Å². The second-order valence-electron chi connectivity index (χ2n) is 5.14. The molecule has 2 rings (SSSR count). The van der Waals surface area contributed by atoms with E-state index in [9.17, 15) is 9.59 Å². The number of nitrogens with two attached hydrogens (primary N) is 1. The zero-order valence-electron chi connectivity index (χ0n) is 12.5. The minimum atomic E-state index is -0.175. The molecular weight excluding hydrogens is 272 g/mol. The molecule has 1 aromatic heterocycles. The molecule has 7 nitrogen and oxygen atoms in total. The van der Waals surface area contributed by atoms with Gasteiger partial charge in [-0.15, -0.1) is 0 Å². The first-order valence-corrected chi connectivity index (χ1v) is 7.37. The fraction of sp³-hybridized carbons (Fsp3) is 0.643. The van der Waals surface area contributed by atoms with Crippen molar-refractivity contribution >= 4 is 17.6 Å². The number of rotatable bonds is 4. The third-order valence-electron chi connectivity index (χ3n) is 3.84. The number of hydrogen-bond donors (Lipinski definition) is 2. The molecule has 3 N–H and O–H groups in total. The second kappa shape index (κ2) is 6.60. The van der Waals surface area contributed by atoms with Crippen molar-refractivity contribution in [2.24, 2.45) is 5.92 Å². The molecule has 1 saturated heterocycles. The van der Waals surface area contributed by atoms with Crippen LogP contribution in [0.1, 0.15) is 42.9 Å². The minimum absolute atomic E-state index is 0.114. The van der Waals surface area contributed by atoms with Crippen molar-refractivity contribution in [2.75, 3.05) is 25.4 Å². The molecule has 1 amide bonds. The molecule has 0 atom stereocenters. The van der Waals surface area contributed by atoms with Gasteiger partial charge in [-0.25, -0.2) is 0 Å². The van der Waals surface area contributed by atoms with Crippen LogP contribution in [0.4, 0.5) is 5.69 Å². The quantitative estimate of drug-likeness (QED) is 0.806. The Hall–Kier alpha value is -2.05. The number of ether oxygens (including phenoxy) is 1. The summed E-state index contributed by atoms with van der Waals surface area (Å²) in [5, 5.41) is 6.80. The number of likely N-dealkylation sites (tertiary alicyclic amines) is 1. The largest absolute Gasteiger partial charge is 0.466 e. The number of anilines is 1. The Morgan fingerprint density at radius 1 is 1.38 bits per heavy atom. The maximum absolute atomic E-state index is 12.4. The maximum atomic E-state index is 12.4. The number of H-pyrrole nitrogens is 1. The zero-order valence-corrected chi connectivity index (χ0v) is 12.5. The van der Waals surface area contributed by atoms with Crippen LogP contribution in [0, 0.1) is 5.92 Å². The third-order valence-corrected chi connectivity index (χ3v) is 3.84. The van der Waals surface area contributed by atoms with Gasteiger partial charge in [-0.05, 0) is 26.2 Å². The molecule has 0 radical (unpaired) electrons. The molecule has 0 spiro atoms. The number of nitrogens with zero attached hydrogens (tertiary/aromatic N) is 2. The second-order valence-corrected chi connectivity index (χ2v) is 5.14. The number of aromatic amines is 1. The summed E-state index contributed by atoms with van der Waals surface area (Å²) in [6, 6.07) is 0. The highest BCUT2D eigenvalue weighted by atomic mass is 16.5. The summed E-state index contributed by atoms with van der Waals surface area (Å²) in [4.78, 5) is 25.8. The highest BCUT2D eigenvalue weighted by molar-refractivity contribution is 5.97. The standard InChI is InChI=1S/C14H22N4O3/c1-3-10-11(15)12(17-16-10)13(19)18-7-5-9(6-8-18)14(20)21-4-2/h9H,3-8,15H2,1-2H3,(H,16,17). The lowest BCUT2D eigenvalue weighted by Gasteiger charge is -2.30. The average molecular weight is 294 g/mol. The Labute approximate surface area is 123 Å². The molecule has 0 unspecified atom stereocenters. The summed E-state index contributed by atoms with van der Waals surface area (Å²) in [5.41, 5.74) is 7.40. The van der Waals surface area contributed by atoms with Crippen molar-refractivity contribution in [1.29, 1.82) is 0 Å². The SMILES string of the molecule is CCOC(=O)C1CCN(C(=O)c2n[nH]c(CC)c2N)CC1. The zero-order chi connectivity index (χ0) is 15.4. The van der Waals surface area contributed by atoms with Gasteiger partial charge in [0.25, 0.3) is 5.91 Å². The van der Waals surface area contributed by atoms with Crippen LogP contribution in [0.5, 0.6) is 0 Å². The predicted octanol–water partition coefficient (Wildman–Crippen LogP) is 0.970. The molecule has 1 aliphatic heterocycles. The van der Waals surface area contributed by atoms with E-state index in [1.54, 1.807) is 11.8 Å². The highest BCUT2D eigenvalue weighted by Gasteiger charge is 2.30. The van der Waals surface area contributed by atoms with E-state index >= 15 is 0 Å². The number of aryl methyl sites for hydroxylation is 1. The summed E-state index contributed by atoms with van der Waals surface area (Å²) in [6.45, 7) is 5.18. The van der Waals surface area contributed by atoms with Gasteiger partial charge in [-0.1, -0.05) is 6.92 Å². The van der Waals surface area contributed by atoms with Gasteiger partial charge in [0.05, 0.1) is 23.9 Å². The van der Waals surface area contributed by atoms with Crippen LogP contribution >= 0.6 is 0 Å². The van der Waals surface area contributed by atoms with E-state index in [4.69, 9.17) is 10.5 Å². The van der Waals surface area contributed by atoms with Crippen molar-refractivity contribution in [3.8, 4) is 0 Å². The van der Waals surface area contributed by atoms with Crippen LogP contribution in [0.3, 0.4) is 0 Å². The summed E-state index contributed by atoms with van der Waals surface area (Å²) in [7, 11) is 0.